The van der Waals surface area contributed by atoms with Crippen LogP contribution < -0.4 is 0 Å². The molecule has 2 nitrogen and oxygen atoms in total. The van der Waals surface area contributed by atoms with Crippen LogP contribution in [0.4, 0.5) is 13.2 Å². The van der Waals surface area contributed by atoms with Crippen LogP contribution in [-0.4, -0.2) is 13.1 Å². The van der Waals surface area contributed by atoms with Crippen LogP contribution in [0.2, 0.25) is 0 Å². The van der Waals surface area contributed by atoms with Gasteiger partial charge in [-0.1, -0.05) is 25.0 Å². The Kier molecular flexibility index (Phi) is 4.35. The van der Waals surface area contributed by atoms with Gasteiger partial charge in [-0.05, 0) is 36.5 Å². The van der Waals surface area contributed by atoms with Crippen molar-refractivity contribution in [2.45, 2.75) is 37.8 Å². The fraction of sp³-hybridized carbons (Fsp3) is 0.533. The van der Waals surface area contributed by atoms with Crippen molar-refractivity contribution in [1.82, 2.24) is 0 Å². The summed E-state index contributed by atoms with van der Waals surface area (Å²) in [5.41, 5.74) is 0.125. The van der Waals surface area contributed by atoms with E-state index in [0.29, 0.717) is 0 Å². The lowest BCUT2D eigenvalue weighted by Crippen LogP contribution is -2.26. The summed E-state index contributed by atoms with van der Waals surface area (Å²) < 4.78 is 42.4. The zero-order valence-corrected chi connectivity index (χ0v) is 11.2. The third kappa shape index (κ3) is 3.14. The first-order chi connectivity index (χ1) is 9.43. The molecular formula is C15H17F3O2. The maximum absolute atomic E-state index is 12.5. The first-order valence-electron chi connectivity index (χ1n) is 6.68. The number of benzene rings is 1. The van der Waals surface area contributed by atoms with Crippen molar-refractivity contribution < 1.29 is 22.7 Å². The molecule has 0 spiro atoms. The van der Waals surface area contributed by atoms with Gasteiger partial charge in [0.2, 0.25) is 0 Å². The van der Waals surface area contributed by atoms with Gasteiger partial charge in [-0.2, -0.15) is 13.2 Å². The van der Waals surface area contributed by atoms with Crippen molar-refractivity contribution in [2.24, 2.45) is 5.92 Å². The molecule has 0 heterocycles. The average molecular weight is 286 g/mol. The van der Waals surface area contributed by atoms with Crippen LogP contribution in [0.1, 0.15) is 42.7 Å². The summed E-state index contributed by atoms with van der Waals surface area (Å²) in [7, 11) is 1.35. The molecule has 0 aromatic heterocycles. The normalized spacial score (nSPS) is 23.4. The van der Waals surface area contributed by atoms with E-state index in [1.807, 2.05) is 0 Å². The summed E-state index contributed by atoms with van der Waals surface area (Å²) in [5, 5.41) is 0. The van der Waals surface area contributed by atoms with E-state index in [0.717, 1.165) is 43.4 Å². The molecule has 0 unspecified atom stereocenters. The first kappa shape index (κ1) is 14.9. The van der Waals surface area contributed by atoms with Crippen LogP contribution in [0.25, 0.3) is 0 Å². The third-order valence-corrected chi connectivity index (χ3v) is 3.94. The number of hydrogen-bond donors (Lipinski definition) is 0. The monoisotopic (exact) mass is 286 g/mol. The zero-order chi connectivity index (χ0) is 14.8. The molecule has 0 aliphatic heterocycles. The molecule has 1 aliphatic rings. The molecule has 0 N–H and O–H groups in total. The van der Waals surface area contributed by atoms with E-state index < -0.39 is 11.7 Å². The summed E-state index contributed by atoms with van der Waals surface area (Å²) in [6.45, 7) is 0. The zero-order valence-electron chi connectivity index (χ0n) is 11.2. The summed E-state index contributed by atoms with van der Waals surface area (Å²) in [5.74, 6) is -0.557. The minimum Gasteiger partial charge on any atom is -0.469 e. The third-order valence-electron chi connectivity index (χ3n) is 3.94. The summed E-state index contributed by atoms with van der Waals surface area (Å²) >= 11 is 0. The fourth-order valence-corrected chi connectivity index (χ4v) is 2.88. The molecule has 2 atom stereocenters. The second kappa shape index (κ2) is 5.85. The highest BCUT2D eigenvalue weighted by Gasteiger charge is 2.34. The molecule has 0 saturated heterocycles. The molecule has 5 heteroatoms. The van der Waals surface area contributed by atoms with Crippen LogP contribution in [-0.2, 0) is 15.7 Å². The quantitative estimate of drug-likeness (QED) is 0.763. The lowest BCUT2D eigenvalue weighted by Gasteiger charge is -2.30. The lowest BCUT2D eigenvalue weighted by molar-refractivity contribution is -0.147. The van der Waals surface area contributed by atoms with Gasteiger partial charge in [0.15, 0.2) is 0 Å². The Hall–Kier alpha value is -1.52. The number of alkyl halides is 3. The standard InChI is InChI=1S/C15H17F3O2/c1-20-14(19)13-5-3-2-4-12(13)10-6-8-11(9-7-10)15(16,17)18/h6-9,12-13H,2-5H2,1H3/t12-,13-/m1/s1. The van der Waals surface area contributed by atoms with Crippen molar-refractivity contribution in [3.05, 3.63) is 35.4 Å². The smallest absolute Gasteiger partial charge is 0.416 e. The van der Waals surface area contributed by atoms with E-state index in [1.165, 1.54) is 19.2 Å². The van der Waals surface area contributed by atoms with Crippen LogP contribution in [0.15, 0.2) is 24.3 Å². The number of hydrogen-bond acceptors (Lipinski definition) is 2. The maximum Gasteiger partial charge on any atom is 0.416 e. The number of esters is 1. The number of rotatable bonds is 2. The Balaban J connectivity index is 2.22. The molecule has 1 aromatic carbocycles. The Morgan fingerprint density at radius 2 is 1.75 bits per heavy atom. The summed E-state index contributed by atoms with van der Waals surface area (Å²) in [6.07, 6.45) is -0.841. The van der Waals surface area contributed by atoms with Gasteiger partial charge in [-0.25, -0.2) is 0 Å². The molecule has 20 heavy (non-hydrogen) atoms. The van der Waals surface area contributed by atoms with Crippen molar-refractivity contribution in [1.29, 1.82) is 0 Å². The molecule has 1 aromatic rings. The number of halogens is 3. The van der Waals surface area contributed by atoms with Crippen molar-refractivity contribution in [3.63, 3.8) is 0 Å². The Morgan fingerprint density at radius 3 is 2.30 bits per heavy atom. The van der Waals surface area contributed by atoms with E-state index in [-0.39, 0.29) is 17.8 Å². The fourth-order valence-electron chi connectivity index (χ4n) is 2.88. The Bertz CT molecular complexity index is 465. The molecular weight excluding hydrogens is 269 g/mol. The van der Waals surface area contributed by atoms with Crippen LogP contribution in [0.3, 0.4) is 0 Å². The van der Waals surface area contributed by atoms with Crippen molar-refractivity contribution in [2.75, 3.05) is 7.11 Å². The van der Waals surface area contributed by atoms with Gasteiger partial charge in [0, 0.05) is 0 Å². The van der Waals surface area contributed by atoms with Gasteiger partial charge in [-0.15, -0.1) is 0 Å². The van der Waals surface area contributed by atoms with Gasteiger partial charge in [-0.3, -0.25) is 4.79 Å². The van der Waals surface area contributed by atoms with Crippen LogP contribution in [0, 0.1) is 5.92 Å². The molecule has 1 aliphatic carbocycles. The summed E-state index contributed by atoms with van der Waals surface area (Å²) in [4.78, 5) is 11.8. The number of methoxy groups -OCH3 is 1. The number of carbonyl (C=O) groups is 1. The second-order valence-electron chi connectivity index (χ2n) is 5.14. The molecule has 0 bridgehead atoms. The first-order valence-corrected chi connectivity index (χ1v) is 6.68. The van der Waals surface area contributed by atoms with E-state index in [9.17, 15) is 18.0 Å². The van der Waals surface area contributed by atoms with Crippen molar-refractivity contribution >= 4 is 5.97 Å². The van der Waals surface area contributed by atoms with Crippen molar-refractivity contribution in [3.8, 4) is 0 Å². The Morgan fingerprint density at radius 1 is 1.15 bits per heavy atom. The highest BCUT2D eigenvalue weighted by atomic mass is 19.4. The molecule has 0 radical (unpaired) electrons. The van der Waals surface area contributed by atoms with Gasteiger partial charge in [0.25, 0.3) is 0 Å². The Labute approximate surface area is 115 Å². The highest BCUT2D eigenvalue weighted by molar-refractivity contribution is 5.73. The largest absolute Gasteiger partial charge is 0.469 e. The molecule has 1 saturated carbocycles. The van der Waals surface area contributed by atoms with Crippen LogP contribution >= 0.6 is 0 Å². The minimum atomic E-state index is -4.33. The van der Waals surface area contributed by atoms with E-state index in [2.05, 4.69) is 0 Å². The van der Waals surface area contributed by atoms with Gasteiger partial charge in [0.1, 0.15) is 0 Å². The summed E-state index contributed by atoms with van der Waals surface area (Å²) in [6, 6.07) is 5.13. The van der Waals surface area contributed by atoms with Crippen LogP contribution in [0.5, 0.6) is 0 Å². The number of ether oxygens (including phenoxy) is 1. The highest BCUT2D eigenvalue weighted by Crippen LogP contribution is 2.39. The topological polar surface area (TPSA) is 26.3 Å². The predicted molar refractivity (Wildman–Crippen MR) is 68.2 cm³/mol. The SMILES string of the molecule is COC(=O)[C@@H]1CCCC[C@@H]1c1ccc(C(F)(F)F)cc1. The van der Waals surface area contributed by atoms with Gasteiger partial charge >= 0.3 is 12.1 Å². The predicted octanol–water partition coefficient (Wildman–Crippen LogP) is 4.15. The lowest BCUT2D eigenvalue weighted by atomic mass is 9.75. The molecule has 110 valence electrons. The second-order valence-corrected chi connectivity index (χ2v) is 5.14. The van der Waals surface area contributed by atoms with Gasteiger partial charge in [0.05, 0.1) is 18.6 Å². The average Bonchev–Trinajstić information content (AvgIpc) is 2.45. The molecule has 2 rings (SSSR count). The van der Waals surface area contributed by atoms with Gasteiger partial charge < -0.3 is 4.74 Å². The van der Waals surface area contributed by atoms with E-state index in [1.54, 1.807) is 0 Å². The molecule has 1 fully saturated rings. The van der Waals surface area contributed by atoms with E-state index >= 15 is 0 Å². The van der Waals surface area contributed by atoms with E-state index in [4.69, 9.17) is 4.74 Å². The maximum atomic E-state index is 12.5. The number of carbonyl (C=O) groups excluding carboxylic acids is 1. The minimum absolute atomic E-state index is 0.0431. The molecule has 0 amide bonds.